The van der Waals surface area contributed by atoms with Crippen LogP contribution in [0.25, 0.3) is 0 Å². The maximum Gasteiger partial charge on any atom is 0.471 e. The minimum atomic E-state index is -4.95. The van der Waals surface area contributed by atoms with E-state index in [-0.39, 0.29) is 18.0 Å². The molecular weight excluding hydrogens is 325 g/mol. The number of benzene rings is 1. The normalized spacial score (nSPS) is 17.9. The van der Waals surface area contributed by atoms with E-state index in [1.807, 2.05) is 0 Å². The zero-order valence-electron chi connectivity index (χ0n) is 11.4. The van der Waals surface area contributed by atoms with E-state index in [0.29, 0.717) is 11.4 Å². The second kappa shape index (κ2) is 5.67. The standard InChI is InChI=1S/C12H13F3N2O4S/c1-22(19,20)8-2-3-10-9(4-8)17-7(6-21-10)5-16-11(18)12(13,14)15/h2-4,7,17H,5-6H2,1H3,(H,16,18). The molecule has 0 radical (unpaired) electrons. The molecule has 10 heteroatoms. The van der Waals surface area contributed by atoms with Crippen molar-refractivity contribution in [1.82, 2.24) is 5.32 Å². The van der Waals surface area contributed by atoms with E-state index >= 15 is 0 Å². The number of rotatable bonds is 3. The van der Waals surface area contributed by atoms with Crippen LogP contribution in [0.3, 0.4) is 0 Å². The third-order valence-corrected chi connectivity index (χ3v) is 4.06. The van der Waals surface area contributed by atoms with Gasteiger partial charge in [-0.2, -0.15) is 13.2 Å². The number of carbonyl (C=O) groups excluding carboxylic acids is 1. The summed E-state index contributed by atoms with van der Waals surface area (Å²) in [6.45, 7) is -0.260. The van der Waals surface area contributed by atoms with Crippen molar-refractivity contribution in [2.75, 3.05) is 24.7 Å². The first-order valence-corrected chi connectivity index (χ1v) is 8.05. The molecule has 0 spiro atoms. The van der Waals surface area contributed by atoms with E-state index in [4.69, 9.17) is 4.74 Å². The molecule has 0 saturated heterocycles. The van der Waals surface area contributed by atoms with Gasteiger partial charge in [0.05, 0.1) is 16.6 Å². The lowest BCUT2D eigenvalue weighted by Gasteiger charge is -2.28. The van der Waals surface area contributed by atoms with Gasteiger partial charge in [0.25, 0.3) is 0 Å². The van der Waals surface area contributed by atoms with Gasteiger partial charge in [0, 0.05) is 12.8 Å². The lowest BCUT2D eigenvalue weighted by molar-refractivity contribution is -0.173. The SMILES string of the molecule is CS(=O)(=O)c1ccc2c(c1)NC(CNC(=O)C(F)(F)F)CO2. The average Bonchev–Trinajstić information content (AvgIpc) is 2.41. The van der Waals surface area contributed by atoms with E-state index < -0.39 is 28.0 Å². The summed E-state index contributed by atoms with van der Waals surface area (Å²) in [5.41, 5.74) is 0.348. The highest BCUT2D eigenvalue weighted by molar-refractivity contribution is 7.90. The lowest BCUT2D eigenvalue weighted by atomic mass is 10.2. The van der Waals surface area contributed by atoms with Crippen molar-refractivity contribution in [3.05, 3.63) is 18.2 Å². The van der Waals surface area contributed by atoms with E-state index in [0.717, 1.165) is 6.26 Å². The number of carbonyl (C=O) groups is 1. The summed E-state index contributed by atoms with van der Waals surface area (Å²) < 4.78 is 64.6. The molecule has 6 nitrogen and oxygen atoms in total. The fourth-order valence-electron chi connectivity index (χ4n) is 1.86. The summed E-state index contributed by atoms with van der Waals surface area (Å²) in [7, 11) is -3.41. The number of hydrogen-bond donors (Lipinski definition) is 2. The van der Waals surface area contributed by atoms with Gasteiger partial charge in [0.2, 0.25) is 0 Å². The molecule has 1 aromatic carbocycles. The largest absolute Gasteiger partial charge is 0.489 e. The molecule has 1 aliphatic rings. The van der Waals surface area contributed by atoms with Gasteiger partial charge in [-0.15, -0.1) is 0 Å². The molecule has 122 valence electrons. The van der Waals surface area contributed by atoms with E-state index in [2.05, 4.69) is 5.32 Å². The highest BCUT2D eigenvalue weighted by Crippen LogP contribution is 2.31. The Balaban J connectivity index is 2.06. The summed E-state index contributed by atoms with van der Waals surface area (Å²) in [6.07, 6.45) is -3.91. The van der Waals surface area contributed by atoms with E-state index in [1.165, 1.54) is 18.2 Å². The van der Waals surface area contributed by atoms with Crippen molar-refractivity contribution in [2.45, 2.75) is 17.1 Å². The van der Waals surface area contributed by atoms with Gasteiger partial charge in [0.1, 0.15) is 12.4 Å². The highest BCUT2D eigenvalue weighted by Gasteiger charge is 2.38. The Bertz CT molecular complexity index is 688. The van der Waals surface area contributed by atoms with Gasteiger partial charge in [-0.05, 0) is 18.2 Å². The Hall–Kier alpha value is -1.97. The number of anilines is 1. The molecule has 0 saturated carbocycles. The van der Waals surface area contributed by atoms with Crippen molar-refractivity contribution in [3.63, 3.8) is 0 Å². The summed E-state index contributed by atoms with van der Waals surface area (Å²) in [5.74, 6) is -1.64. The number of amides is 1. The number of sulfone groups is 1. The first kappa shape index (κ1) is 16.4. The van der Waals surface area contributed by atoms with Gasteiger partial charge in [-0.1, -0.05) is 0 Å². The zero-order chi connectivity index (χ0) is 16.5. The second-order valence-corrected chi connectivity index (χ2v) is 6.81. The first-order chi connectivity index (χ1) is 10.1. The topological polar surface area (TPSA) is 84.5 Å². The number of halogens is 3. The fourth-order valence-corrected chi connectivity index (χ4v) is 2.50. The molecule has 1 aliphatic heterocycles. The molecule has 0 aliphatic carbocycles. The summed E-state index contributed by atoms with van der Waals surface area (Å²) >= 11 is 0. The molecule has 0 fully saturated rings. The quantitative estimate of drug-likeness (QED) is 0.857. The lowest BCUT2D eigenvalue weighted by Crippen LogP contribution is -2.46. The Morgan fingerprint density at radius 1 is 1.45 bits per heavy atom. The van der Waals surface area contributed by atoms with Crippen LogP contribution in [0.1, 0.15) is 0 Å². The third-order valence-electron chi connectivity index (χ3n) is 2.95. The molecule has 1 heterocycles. The van der Waals surface area contributed by atoms with Crippen molar-refractivity contribution in [2.24, 2.45) is 0 Å². The van der Waals surface area contributed by atoms with Crippen LogP contribution in [0.4, 0.5) is 18.9 Å². The Morgan fingerprint density at radius 3 is 2.73 bits per heavy atom. The molecule has 1 aromatic rings. The summed E-state index contributed by atoms with van der Waals surface area (Å²) in [5, 5.41) is 4.59. The van der Waals surface area contributed by atoms with Crippen molar-refractivity contribution in [3.8, 4) is 5.75 Å². The zero-order valence-corrected chi connectivity index (χ0v) is 12.2. The molecule has 2 N–H and O–H groups in total. The number of fused-ring (bicyclic) bond motifs is 1. The van der Waals surface area contributed by atoms with Crippen LogP contribution in [-0.2, 0) is 14.6 Å². The molecule has 2 rings (SSSR count). The van der Waals surface area contributed by atoms with Gasteiger partial charge in [0.15, 0.2) is 9.84 Å². The molecule has 22 heavy (non-hydrogen) atoms. The number of nitrogens with one attached hydrogen (secondary N) is 2. The fraction of sp³-hybridized carbons (Fsp3) is 0.417. The predicted octanol–water partition coefficient (Wildman–Crippen LogP) is 0.941. The minimum absolute atomic E-state index is 0.0450. The molecule has 1 atom stereocenters. The van der Waals surface area contributed by atoms with Crippen molar-refractivity contribution in [1.29, 1.82) is 0 Å². The van der Waals surface area contributed by atoms with E-state index in [1.54, 1.807) is 5.32 Å². The molecule has 1 amide bonds. The maximum absolute atomic E-state index is 12.1. The van der Waals surface area contributed by atoms with Gasteiger partial charge in [-0.3, -0.25) is 4.79 Å². The summed E-state index contributed by atoms with van der Waals surface area (Å²) in [6, 6.07) is 3.57. The Labute approximate surface area is 124 Å². The minimum Gasteiger partial charge on any atom is -0.489 e. The highest BCUT2D eigenvalue weighted by atomic mass is 32.2. The monoisotopic (exact) mass is 338 g/mol. The maximum atomic E-state index is 12.1. The summed E-state index contributed by atoms with van der Waals surface area (Å²) in [4.78, 5) is 10.8. The van der Waals surface area contributed by atoms with Crippen LogP contribution in [0.15, 0.2) is 23.1 Å². The average molecular weight is 338 g/mol. The van der Waals surface area contributed by atoms with Crippen LogP contribution in [0, 0.1) is 0 Å². The van der Waals surface area contributed by atoms with Gasteiger partial charge >= 0.3 is 12.1 Å². The van der Waals surface area contributed by atoms with Crippen LogP contribution < -0.4 is 15.4 Å². The van der Waals surface area contributed by atoms with Crippen molar-refractivity contribution < 1.29 is 31.1 Å². The van der Waals surface area contributed by atoms with Crippen LogP contribution in [0.2, 0.25) is 0 Å². The Kier molecular flexibility index (Phi) is 4.23. The van der Waals surface area contributed by atoms with E-state index in [9.17, 15) is 26.4 Å². The third kappa shape index (κ3) is 3.81. The number of alkyl halides is 3. The van der Waals surface area contributed by atoms with Crippen LogP contribution in [-0.4, -0.2) is 46.0 Å². The van der Waals surface area contributed by atoms with Crippen LogP contribution >= 0.6 is 0 Å². The van der Waals surface area contributed by atoms with Crippen molar-refractivity contribution >= 4 is 21.4 Å². The first-order valence-electron chi connectivity index (χ1n) is 6.16. The molecule has 0 aromatic heterocycles. The number of ether oxygens (including phenoxy) is 1. The smallest absolute Gasteiger partial charge is 0.471 e. The molecular formula is C12H13F3N2O4S. The Morgan fingerprint density at radius 2 is 2.14 bits per heavy atom. The van der Waals surface area contributed by atoms with Gasteiger partial charge in [-0.25, -0.2) is 8.42 Å². The molecule has 0 bridgehead atoms. The molecule has 1 unspecified atom stereocenters. The van der Waals surface area contributed by atoms with Crippen LogP contribution in [0.5, 0.6) is 5.75 Å². The van der Waals surface area contributed by atoms with Gasteiger partial charge < -0.3 is 15.4 Å². The predicted molar refractivity (Wildman–Crippen MR) is 71.5 cm³/mol. The second-order valence-electron chi connectivity index (χ2n) is 4.79. The number of hydrogen-bond acceptors (Lipinski definition) is 5.